The molecule has 0 radical (unpaired) electrons. The van der Waals surface area contributed by atoms with E-state index in [2.05, 4.69) is 0 Å². The molecule has 1 aliphatic rings. The molecular weight excluding hydrogens is 166 g/mol. The van der Waals surface area contributed by atoms with E-state index in [4.69, 9.17) is 5.11 Å². The molecule has 0 bridgehead atoms. The Morgan fingerprint density at radius 2 is 2.38 bits per heavy atom. The van der Waals surface area contributed by atoms with Gasteiger partial charge in [0.25, 0.3) is 0 Å². The molecule has 1 unspecified atom stereocenters. The lowest BCUT2D eigenvalue weighted by molar-refractivity contribution is -0.139. The molecule has 13 heavy (non-hydrogen) atoms. The summed E-state index contributed by atoms with van der Waals surface area (Å²) < 4.78 is 1.90. The van der Waals surface area contributed by atoms with Crippen molar-refractivity contribution in [1.29, 1.82) is 0 Å². The third kappa shape index (κ3) is 1.46. The second-order valence-electron chi connectivity index (χ2n) is 3.70. The third-order valence-corrected chi connectivity index (χ3v) is 2.66. The molecule has 0 saturated heterocycles. The lowest BCUT2D eigenvalue weighted by atomic mass is 10.0. The average molecular weight is 179 g/mol. The molecule has 1 aromatic heterocycles. The van der Waals surface area contributed by atoms with Crippen LogP contribution in [0.15, 0.2) is 18.3 Å². The van der Waals surface area contributed by atoms with E-state index in [0.29, 0.717) is 5.92 Å². The smallest absolute Gasteiger partial charge is 0.312 e. The maximum Gasteiger partial charge on any atom is 0.312 e. The van der Waals surface area contributed by atoms with Gasteiger partial charge in [0.15, 0.2) is 0 Å². The number of hydrogen-bond acceptors (Lipinski definition) is 1. The van der Waals surface area contributed by atoms with Crippen molar-refractivity contribution in [2.24, 2.45) is 13.0 Å². The molecule has 0 amide bonds. The first kappa shape index (κ1) is 8.35. The largest absolute Gasteiger partial charge is 0.481 e. The molecule has 70 valence electrons. The van der Waals surface area contributed by atoms with E-state index in [9.17, 15) is 4.79 Å². The molecule has 0 aromatic carbocycles. The molecule has 2 rings (SSSR count). The lowest BCUT2D eigenvalue weighted by Gasteiger charge is -2.11. The van der Waals surface area contributed by atoms with Gasteiger partial charge in [0, 0.05) is 18.9 Å². The molecule has 1 fully saturated rings. The molecule has 1 aliphatic carbocycles. The molecule has 1 saturated carbocycles. The van der Waals surface area contributed by atoms with Crippen molar-refractivity contribution in [3.63, 3.8) is 0 Å². The Balaban J connectivity index is 2.30. The zero-order chi connectivity index (χ0) is 9.42. The minimum absolute atomic E-state index is 0.292. The van der Waals surface area contributed by atoms with Gasteiger partial charge in [-0.05, 0) is 30.9 Å². The van der Waals surface area contributed by atoms with Gasteiger partial charge in [0.2, 0.25) is 0 Å². The van der Waals surface area contributed by atoms with Crippen LogP contribution in [0.2, 0.25) is 0 Å². The van der Waals surface area contributed by atoms with Gasteiger partial charge in [-0.2, -0.15) is 0 Å². The van der Waals surface area contributed by atoms with Gasteiger partial charge in [-0.3, -0.25) is 4.79 Å². The first-order valence-corrected chi connectivity index (χ1v) is 4.54. The van der Waals surface area contributed by atoms with Crippen LogP contribution in [0.1, 0.15) is 24.5 Å². The Bertz CT molecular complexity index is 325. The number of carbonyl (C=O) groups is 1. The average Bonchev–Trinajstić information content (AvgIpc) is 2.78. The molecule has 0 spiro atoms. The molecule has 1 aromatic rings. The van der Waals surface area contributed by atoms with Crippen LogP contribution in [0, 0.1) is 5.92 Å². The molecule has 3 nitrogen and oxygen atoms in total. The molecule has 0 aliphatic heterocycles. The highest BCUT2D eigenvalue weighted by Gasteiger charge is 2.38. The highest BCUT2D eigenvalue weighted by Crippen LogP contribution is 2.42. The number of rotatable bonds is 3. The van der Waals surface area contributed by atoms with Crippen molar-refractivity contribution >= 4 is 5.97 Å². The molecule has 1 heterocycles. The highest BCUT2D eigenvalue weighted by atomic mass is 16.4. The van der Waals surface area contributed by atoms with Crippen LogP contribution in [0.3, 0.4) is 0 Å². The maximum absolute atomic E-state index is 11.0. The summed E-state index contributed by atoms with van der Waals surface area (Å²) >= 11 is 0. The summed E-state index contributed by atoms with van der Waals surface area (Å²) in [6.45, 7) is 0. The third-order valence-electron chi connectivity index (χ3n) is 2.66. The first-order chi connectivity index (χ1) is 6.20. The predicted octanol–water partition coefficient (Wildman–Crippen LogP) is 1.60. The van der Waals surface area contributed by atoms with E-state index in [0.717, 1.165) is 18.5 Å². The number of aromatic nitrogens is 1. The molecule has 1 N–H and O–H groups in total. The summed E-state index contributed by atoms with van der Waals surface area (Å²) in [5, 5.41) is 9.07. The number of aryl methyl sites for hydroxylation is 1. The normalized spacial score (nSPS) is 18.5. The minimum Gasteiger partial charge on any atom is -0.481 e. The summed E-state index contributed by atoms with van der Waals surface area (Å²) in [5.74, 6) is -0.615. The minimum atomic E-state index is -0.690. The van der Waals surface area contributed by atoms with Crippen molar-refractivity contribution in [2.45, 2.75) is 18.8 Å². The first-order valence-electron chi connectivity index (χ1n) is 4.54. The van der Waals surface area contributed by atoms with Crippen LogP contribution in [0.25, 0.3) is 0 Å². The van der Waals surface area contributed by atoms with Crippen LogP contribution in [0.4, 0.5) is 0 Å². The van der Waals surface area contributed by atoms with E-state index >= 15 is 0 Å². The van der Waals surface area contributed by atoms with Crippen LogP contribution in [-0.4, -0.2) is 15.6 Å². The standard InChI is InChI=1S/C10H13NO2/c1-11-6-2-3-8(11)9(10(12)13)7-4-5-7/h2-3,6-7,9H,4-5H2,1H3,(H,12,13). The summed E-state index contributed by atoms with van der Waals surface area (Å²) in [6.07, 6.45) is 4.01. The summed E-state index contributed by atoms with van der Waals surface area (Å²) in [5.41, 5.74) is 0.926. The predicted molar refractivity (Wildman–Crippen MR) is 48.5 cm³/mol. The van der Waals surface area contributed by atoms with Crippen LogP contribution < -0.4 is 0 Å². The van der Waals surface area contributed by atoms with Crippen LogP contribution in [0.5, 0.6) is 0 Å². The Morgan fingerprint density at radius 3 is 2.77 bits per heavy atom. The van der Waals surface area contributed by atoms with Crippen molar-refractivity contribution in [3.8, 4) is 0 Å². The van der Waals surface area contributed by atoms with Gasteiger partial charge < -0.3 is 9.67 Å². The number of hydrogen-bond donors (Lipinski definition) is 1. The van der Waals surface area contributed by atoms with Gasteiger partial charge in [0.1, 0.15) is 0 Å². The SMILES string of the molecule is Cn1cccc1C(C(=O)O)C1CC1. The fraction of sp³-hybridized carbons (Fsp3) is 0.500. The zero-order valence-corrected chi connectivity index (χ0v) is 7.60. The van der Waals surface area contributed by atoms with Crippen molar-refractivity contribution < 1.29 is 9.90 Å². The molecular formula is C10H13NO2. The molecule has 3 heteroatoms. The van der Waals surface area contributed by atoms with Gasteiger partial charge in [-0.15, -0.1) is 0 Å². The Labute approximate surface area is 77.0 Å². The quantitative estimate of drug-likeness (QED) is 0.765. The summed E-state index contributed by atoms with van der Waals surface area (Å²) in [6, 6.07) is 3.80. The van der Waals surface area contributed by atoms with Gasteiger partial charge in [0.05, 0.1) is 5.92 Å². The maximum atomic E-state index is 11.0. The zero-order valence-electron chi connectivity index (χ0n) is 7.60. The number of nitrogens with zero attached hydrogens (tertiary/aromatic N) is 1. The summed E-state index contributed by atoms with van der Waals surface area (Å²) in [7, 11) is 1.90. The van der Waals surface area contributed by atoms with Crippen LogP contribution >= 0.6 is 0 Å². The van der Waals surface area contributed by atoms with E-state index in [1.807, 2.05) is 29.9 Å². The lowest BCUT2D eigenvalue weighted by Crippen LogP contribution is -2.16. The second-order valence-corrected chi connectivity index (χ2v) is 3.70. The molecule has 1 atom stereocenters. The van der Waals surface area contributed by atoms with E-state index in [-0.39, 0.29) is 5.92 Å². The Hall–Kier alpha value is -1.25. The van der Waals surface area contributed by atoms with Crippen molar-refractivity contribution in [2.75, 3.05) is 0 Å². The number of carboxylic acids is 1. The fourth-order valence-corrected chi connectivity index (χ4v) is 1.80. The summed E-state index contributed by atoms with van der Waals surface area (Å²) in [4.78, 5) is 11.0. The topological polar surface area (TPSA) is 42.2 Å². The monoisotopic (exact) mass is 179 g/mol. The van der Waals surface area contributed by atoms with Gasteiger partial charge in [-0.1, -0.05) is 0 Å². The Kier molecular flexibility index (Phi) is 1.87. The highest BCUT2D eigenvalue weighted by molar-refractivity contribution is 5.76. The van der Waals surface area contributed by atoms with Crippen LogP contribution in [-0.2, 0) is 11.8 Å². The number of aliphatic carboxylic acids is 1. The number of carboxylic acid groups (broad SMARTS) is 1. The van der Waals surface area contributed by atoms with Crippen molar-refractivity contribution in [1.82, 2.24) is 4.57 Å². The van der Waals surface area contributed by atoms with Gasteiger partial charge in [-0.25, -0.2) is 0 Å². The van der Waals surface area contributed by atoms with E-state index < -0.39 is 5.97 Å². The van der Waals surface area contributed by atoms with E-state index in [1.54, 1.807) is 0 Å². The second kappa shape index (κ2) is 2.91. The van der Waals surface area contributed by atoms with Gasteiger partial charge >= 0.3 is 5.97 Å². The van der Waals surface area contributed by atoms with E-state index in [1.165, 1.54) is 0 Å². The Morgan fingerprint density at radius 1 is 1.69 bits per heavy atom. The van der Waals surface area contributed by atoms with Crippen molar-refractivity contribution in [3.05, 3.63) is 24.0 Å². The fourth-order valence-electron chi connectivity index (χ4n) is 1.80.